The molecule has 1 rings (SSSR count). The molecule has 1 N–H and O–H groups in total. The summed E-state index contributed by atoms with van der Waals surface area (Å²) in [4.78, 5) is 11.9. The van der Waals surface area contributed by atoms with E-state index in [1.54, 1.807) is 31.2 Å². The molecule has 0 aliphatic carbocycles. The second kappa shape index (κ2) is 4.79. The number of hydrogen-bond acceptors (Lipinski definition) is 2. The molecule has 1 aromatic carbocycles. The van der Waals surface area contributed by atoms with Crippen LogP contribution in [0, 0.1) is 5.41 Å². The summed E-state index contributed by atoms with van der Waals surface area (Å²) in [5.41, 5.74) is 1.58. The molecule has 0 aliphatic heterocycles. The molecule has 0 saturated heterocycles. The van der Waals surface area contributed by atoms with Crippen LogP contribution in [0.4, 0.5) is 0 Å². The number of ketones is 1. The average molecular weight is 220 g/mol. The summed E-state index contributed by atoms with van der Waals surface area (Å²) in [5.74, 6) is 0.157. The van der Waals surface area contributed by atoms with Gasteiger partial charge in [0.2, 0.25) is 0 Å². The summed E-state index contributed by atoms with van der Waals surface area (Å²) in [7, 11) is 0. The van der Waals surface area contributed by atoms with Gasteiger partial charge in [0, 0.05) is 12.0 Å². The molecular formula is C14H20O2. The maximum Gasteiger partial charge on any atom is 0.163 e. The zero-order valence-corrected chi connectivity index (χ0v) is 10.4. The summed E-state index contributed by atoms with van der Waals surface area (Å²) in [6.45, 7) is 7.87. The van der Waals surface area contributed by atoms with Gasteiger partial charge in [-0.15, -0.1) is 0 Å². The van der Waals surface area contributed by atoms with Gasteiger partial charge in [-0.3, -0.25) is 4.79 Å². The first-order valence-electron chi connectivity index (χ1n) is 5.61. The van der Waals surface area contributed by atoms with E-state index in [0.717, 1.165) is 11.1 Å². The van der Waals surface area contributed by atoms with Gasteiger partial charge in [-0.2, -0.15) is 0 Å². The third kappa shape index (κ3) is 3.78. The van der Waals surface area contributed by atoms with Crippen molar-refractivity contribution in [3.8, 4) is 0 Å². The second-order valence-electron chi connectivity index (χ2n) is 5.46. The minimum Gasteiger partial charge on any atom is -0.389 e. The van der Waals surface area contributed by atoms with Gasteiger partial charge in [-0.1, -0.05) is 45.0 Å². The molecule has 0 fully saturated rings. The predicted molar refractivity (Wildman–Crippen MR) is 65.5 cm³/mol. The Balaban J connectivity index is 2.78. The van der Waals surface area contributed by atoms with E-state index in [1.165, 1.54) is 0 Å². The zero-order valence-electron chi connectivity index (χ0n) is 10.4. The largest absolute Gasteiger partial charge is 0.389 e. The summed E-state index contributed by atoms with van der Waals surface area (Å²) in [6.07, 6.45) is 0.0628. The van der Waals surface area contributed by atoms with Gasteiger partial charge in [0.1, 0.15) is 0 Å². The van der Waals surface area contributed by atoms with Gasteiger partial charge in [0.15, 0.2) is 5.78 Å². The quantitative estimate of drug-likeness (QED) is 0.793. The maximum absolute atomic E-state index is 11.9. The molecule has 1 atom stereocenters. The van der Waals surface area contributed by atoms with Crippen molar-refractivity contribution >= 4 is 5.78 Å². The standard InChI is InChI=1S/C14H20O2/c1-10(15)11-5-7-12(8-6-11)13(16)9-14(2,3)4/h5-8,10,15H,9H2,1-4H3. The smallest absolute Gasteiger partial charge is 0.163 e. The number of Topliss-reactive ketones (excluding diaryl/α,β-unsaturated/α-hetero) is 1. The highest BCUT2D eigenvalue weighted by Gasteiger charge is 2.17. The Morgan fingerprint density at radius 2 is 1.75 bits per heavy atom. The van der Waals surface area contributed by atoms with Crippen LogP contribution in [0.2, 0.25) is 0 Å². The number of carbonyl (C=O) groups excluding carboxylic acids is 1. The van der Waals surface area contributed by atoms with Crippen LogP contribution in [-0.4, -0.2) is 10.9 Å². The van der Waals surface area contributed by atoms with Crippen molar-refractivity contribution < 1.29 is 9.90 Å². The van der Waals surface area contributed by atoms with Crippen LogP contribution in [0.25, 0.3) is 0 Å². The Morgan fingerprint density at radius 3 is 2.12 bits per heavy atom. The molecule has 0 bridgehead atoms. The monoisotopic (exact) mass is 220 g/mol. The lowest BCUT2D eigenvalue weighted by Gasteiger charge is -2.16. The molecule has 0 aromatic heterocycles. The summed E-state index contributed by atoms with van der Waals surface area (Å²) >= 11 is 0. The van der Waals surface area contributed by atoms with Gasteiger partial charge in [0.05, 0.1) is 6.10 Å². The van der Waals surface area contributed by atoms with Gasteiger partial charge < -0.3 is 5.11 Å². The number of benzene rings is 1. The fraction of sp³-hybridized carbons (Fsp3) is 0.500. The number of aliphatic hydroxyl groups excluding tert-OH is 1. The first kappa shape index (κ1) is 12.9. The number of aliphatic hydroxyl groups is 1. The fourth-order valence-electron chi connectivity index (χ4n) is 1.53. The van der Waals surface area contributed by atoms with E-state index < -0.39 is 6.10 Å². The van der Waals surface area contributed by atoms with Gasteiger partial charge in [0.25, 0.3) is 0 Å². The van der Waals surface area contributed by atoms with Crippen molar-refractivity contribution in [2.75, 3.05) is 0 Å². The van der Waals surface area contributed by atoms with Crippen LogP contribution in [0.1, 0.15) is 56.1 Å². The van der Waals surface area contributed by atoms with E-state index in [-0.39, 0.29) is 11.2 Å². The van der Waals surface area contributed by atoms with Crippen LogP contribution >= 0.6 is 0 Å². The molecule has 0 heterocycles. The molecule has 0 amide bonds. The van der Waals surface area contributed by atoms with Gasteiger partial charge >= 0.3 is 0 Å². The third-order valence-electron chi connectivity index (χ3n) is 2.41. The number of rotatable bonds is 3. The van der Waals surface area contributed by atoms with Crippen molar-refractivity contribution in [3.63, 3.8) is 0 Å². The molecule has 0 spiro atoms. The normalized spacial score (nSPS) is 13.6. The molecule has 0 aliphatic rings. The Kier molecular flexibility index (Phi) is 3.87. The average Bonchev–Trinajstić information content (AvgIpc) is 2.15. The van der Waals surface area contributed by atoms with Crippen LogP contribution in [0.5, 0.6) is 0 Å². The Hall–Kier alpha value is -1.15. The third-order valence-corrected chi connectivity index (χ3v) is 2.41. The predicted octanol–water partition coefficient (Wildman–Crippen LogP) is 3.36. The Morgan fingerprint density at radius 1 is 1.25 bits per heavy atom. The van der Waals surface area contributed by atoms with Crippen LogP contribution in [-0.2, 0) is 0 Å². The van der Waals surface area contributed by atoms with E-state index in [4.69, 9.17) is 0 Å². The van der Waals surface area contributed by atoms with Gasteiger partial charge in [-0.05, 0) is 17.9 Å². The minimum atomic E-state index is -0.480. The molecule has 0 saturated carbocycles. The van der Waals surface area contributed by atoms with E-state index in [1.807, 2.05) is 0 Å². The summed E-state index contributed by atoms with van der Waals surface area (Å²) in [6, 6.07) is 7.19. The van der Waals surface area contributed by atoms with E-state index in [9.17, 15) is 9.90 Å². The van der Waals surface area contributed by atoms with Crippen molar-refractivity contribution in [3.05, 3.63) is 35.4 Å². The Labute approximate surface area is 97.3 Å². The maximum atomic E-state index is 11.9. The van der Waals surface area contributed by atoms with Crippen molar-refractivity contribution in [2.24, 2.45) is 5.41 Å². The summed E-state index contributed by atoms with van der Waals surface area (Å²) < 4.78 is 0. The molecule has 16 heavy (non-hydrogen) atoms. The van der Waals surface area contributed by atoms with Crippen LogP contribution in [0.15, 0.2) is 24.3 Å². The minimum absolute atomic E-state index is 0.0139. The first-order valence-corrected chi connectivity index (χ1v) is 5.61. The fourth-order valence-corrected chi connectivity index (χ4v) is 1.53. The number of hydrogen-bond donors (Lipinski definition) is 1. The highest BCUT2D eigenvalue weighted by molar-refractivity contribution is 5.96. The lowest BCUT2D eigenvalue weighted by atomic mass is 9.87. The van der Waals surface area contributed by atoms with Crippen molar-refractivity contribution in [1.29, 1.82) is 0 Å². The molecule has 2 heteroatoms. The molecule has 1 aromatic rings. The van der Waals surface area contributed by atoms with Crippen LogP contribution < -0.4 is 0 Å². The summed E-state index contributed by atoms with van der Waals surface area (Å²) in [5, 5.41) is 9.35. The van der Waals surface area contributed by atoms with E-state index in [0.29, 0.717) is 6.42 Å². The Bertz CT molecular complexity index is 355. The topological polar surface area (TPSA) is 37.3 Å². The molecule has 0 radical (unpaired) electrons. The number of carbonyl (C=O) groups is 1. The highest BCUT2D eigenvalue weighted by Crippen LogP contribution is 2.22. The second-order valence-corrected chi connectivity index (χ2v) is 5.46. The molecule has 88 valence electrons. The first-order chi connectivity index (χ1) is 7.29. The lowest BCUT2D eigenvalue weighted by Crippen LogP contribution is -2.13. The van der Waals surface area contributed by atoms with E-state index in [2.05, 4.69) is 20.8 Å². The zero-order chi connectivity index (χ0) is 12.3. The lowest BCUT2D eigenvalue weighted by molar-refractivity contribution is 0.0939. The van der Waals surface area contributed by atoms with E-state index >= 15 is 0 Å². The van der Waals surface area contributed by atoms with Crippen molar-refractivity contribution in [1.82, 2.24) is 0 Å². The van der Waals surface area contributed by atoms with Crippen molar-refractivity contribution in [2.45, 2.75) is 40.2 Å². The van der Waals surface area contributed by atoms with Crippen LogP contribution in [0.3, 0.4) is 0 Å². The van der Waals surface area contributed by atoms with Gasteiger partial charge in [-0.25, -0.2) is 0 Å². The molecular weight excluding hydrogens is 200 g/mol. The SMILES string of the molecule is CC(O)c1ccc(C(=O)CC(C)(C)C)cc1. The highest BCUT2D eigenvalue weighted by atomic mass is 16.3. The molecule has 1 unspecified atom stereocenters. The molecule has 2 nitrogen and oxygen atoms in total.